The normalized spacial score (nSPS) is 27.7. The van der Waals surface area contributed by atoms with Crippen molar-refractivity contribution in [1.82, 2.24) is 15.3 Å². The zero-order chi connectivity index (χ0) is 16.4. The van der Waals surface area contributed by atoms with Crippen LogP contribution in [-0.2, 0) is 19.1 Å². The van der Waals surface area contributed by atoms with Crippen molar-refractivity contribution >= 4 is 12.1 Å². The Morgan fingerprint density at radius 3 is 2.70 bits per heavy atom. The molecule has 3 aliphatic heterocycles. The molecule has 0 aliphatic carbocycles. The number of ether oxygens (including phenoxy) is 2. The maximum absolute atomic E-state index is 11.7. The number of piperidine rings is 1. The van der Waals surface area contributed by atoms with Crippen molar-refractivity contribution < 1.29 is 23.9 Å². The third kappa shape index (κ3) is 2.88. The van der Waals surface area contributed by atoms with Crippen LogP contribution in [0.15, 0.2) is 11.5 Å². The molecule has 1 unspecified atom stereocenters. The Hall–Kier alpha value is -1.80. The SMILES string of the molecule is CCOC(=O)OC1=C2CN(C(C)=O)CCC2(N2CCCC2)ON1. The first-order valence-electron chi connectivity index (χ1n) is 8.09. The average molecular weight is 325 g/mol. The molecule has 2 fully saturated rings. The summed E-state index contributed by atoms with van der Waals surface area (Å²) in [6, 6.07) is 0. The smallest absolute Gasteiger partial charge is 0.434 e. The lowest BCUT2D eigenvalue weighted by Crippen LogP contribution is -2.57. The highest BCUT2D eigenvalue weighted by molar-refractivity contribution is 5.74. The molecule has 1 N–H and O–H groups in total. The molecule has 1 atom stereocenters. The van der Waals surface area contributed by atoms with Gasteiger partial charge in [-0.2, -0.15) is 0 Å². The third-order valence-electron chi connectivity index (χ3n) is 4.64. The summed E-state index contributed by atoms with van der Waals surface area (Å²) in [5.41, 5.74) is 2.89. The van der Waals surface area contributed by atoms with Crippen LogP contribution in [0.4, 0.5) is 4.79 Å². The molecular weight excluding hydrogens is 302 g/mol. The van der Waals surface area contributed by atoms with Crippen LogP contribution in [0.1, 0.15) is 33.1 Å². The van der Waals surface area contributed by atoms with Crippen LogP contribution in [0, 0.1) is 0 Å². The lowest BCUT2D eigenvalue weighted by atomic mass is 9.93. The Kier molecular flexibility index (Phi) is 4.45. The van der Waals surface area contributed by atoms with Crippen LogP contribution >= 0.6 is 0 Å². The standard InChI is InChI=1S/C15H23N3O5/c1-3-21-14(20)22-13-12-10-17(11(2)19)9-6-15(12,23-16-13)18-7-4-5-8-18/h16H,3-10H2,1-2H3. The van der Waals surface area contributed by atoms with E-state index in [9.17, 15) is 9.59 Å². The van der Waals surface area contributed by atoms with Crippen molar-refractivity contribution in [2.75, 3.05) is 32.8 Å². The van der Waals surface area contributed by atoms with Crippen LogP contribution in [0.2, 0.25) is 0 Å². The van der Waals surface area contributed by atoms with Crippen molar-refractivity contribution in [2.24, 2.45) is 0 Å². The number of hydrogen-bond acceptors (Lipinski definition) is 7. The monoisotopic (exact) mass is 325 g/mol. The topological polar surface area (TPSA) is 80.3 Å². The molecule has 3 aliphatic rings. The number of nitrogens with one attached hydrogen (secondary N) is 1. The molecule has 23 heavy (non-hydrogen) atoms. The largest absolute Gasteiger partial charge is 0.515 e. The van der Waals surface area contributed by atoms with E-state index in [0.717, 1.165) is 31.5 Å². The maximum Gasteiger partial charge on any atom is 0.515 e. The first-order valence-corrected chi connectivity index (χ1v) is 8.09. The van der Waals surface area contributed by atoms with E-state index in [1.54, 1.807) is 18.7 Å². The van der Waals surface area contributed by atoms with Crippen LogP contribution in [0.3, 0.4) is 0 Å². The van der Waals surface area contributed by atoms with Gasteiger partial charge in [0.25, 0.3) is 0 Å². The van der Waals surface area contributed by atoms with Gasteiger partial charge in [0.15, 0.2) is 5.72 Å². The number of hydrogen-bond donors (Lipinski definition) is 1. The van der Waals surface area contributed by atoms with Gasteiger partial charge in [-0.3, -0.25) is 9.69 Å². The van der Waals surface area contributed by atoms with Crippen LogP contribution in [-0.4, -0.2) is 60.4 Å². The molecule has 3 rings (SSSR count). The molecule has 0 spiro atoms. The summed E-state index contributed by atoms with van der Waals surface area (Å²) in [7, 11) is 0. The maximum atomic E-state index is 11.7. The van der Waals surface area contributed by atoms with Crippen molar-refractivity contribution in [3.63, 3.8) is 0 Å². The summed E-state index contributed by atoms with van der Waals surface area (Å²) in [4.78, 5) is 33.3. The highest BCUT2D eigenvalue weighted by Crippen LogP contribution is 2.41. The minimum Gasteiger partial charge on any atom is -0.434 e. The van der Waals surface area contributed by atoms with E-state index >= 15 is 0 Å². The average Bonchev–Trinajstić information content (AvgIpc) is 3.16. The van der Waals surface area contributed by atoms with Gasteiger partial charge in [0, 0.05) is 33.0 Å². The summed E-state index contributed by atoms with van der Waals surface area (Å²) in [6.45, 7) is 6.34. The van der Waals surface area contributed by atoms with E-state index in [4.69, 9.17) is 14.3 Å². The zero-order valence-corrected chi connectivity index (χ0v) is 13.6. The molecule has 0 bridgehead atoms. The van der Waals surface area contributed by atoms with Gasteiger partial charge in [0.1, 0.15) is 0 Å². The Morgan fingerprint density at radius 2 is 2.04 bits per heavy atom. The molecule has 8 heteroatoms. The fraction of sp³-hybridized carbons (Fsp3) is 0.733. The van der Waals surface area contributed by atoms with Crippen molar-refractivity contribution in [3.05, 3.63) is 11.5 Å². The second-order valence-electron chi connectivity index (χ2n) is 5.97. The molecule has 1 amide bonds. The number of carbonyl (C=O) groups excluding carboxylic acids is 2. The van der Waals surface area contributed by atoms with E-state index in [0.29, 0.717) is 19.5 Å². The fourth-order valence-corrected chi connectivity index (χ4v) is 3.46. The number of amides is 1. The summed E-state index contributed by atoms with van der Waals surface area (Å²) >= 11 is 0. The number of hydroxylamine groups is 1. The first-order chi connectivity index (χ1) is 11.1. The van der Waals surface area contributed by atoms with Gasteiger partial charge in [-0.1, -0.05) is 0 Å². The van der Waals surface area contributed by atoms with E-state index in [1.165, 1.54) is 0 Å². The number of rotatable bonds is 3. The van der Waals surface area contributed by atoms with E-state index in [2.05, 4.69) is 10.4 Å². The molecule has 2 saturated heterocycles. The van der Waals surface area contributed by atoms with Crippen LogP contribution < -0.4 is 5.48 Å². The molecule has 0 aromatic heterocycles. The highest BCUT2D eigenvalue weighted by Gasteiger charge is 2.53. The summed E-state index contributed by atoms with van der Waals surface area (Å²) in [5.74, 6) is 0.246. The second kappa shape index (κ2) is 6.37. The first kappa shape index (κ1) is 16.1. The van der Waals surface area contributed by atoms with Gasteiger partial charge >= 0.3 is 6.16 Å². The lowest BCUT2D eigenvalue weighted by Gasteiger charge is -2.43. The fourth-order valence-electron chi connectivity index (χ4n) is 3.46. The molecular formula is C15H23N3O5. The second-order valence-corrected chi connectivity index (χ2v) is 5.97. The summed E-state index contributed by atoms with van der Waals surface area (Å²) in [6.07, 6.45) is 2.10. The predicted molar refractivity (Wildman–Crippen MR) is 79.8 cm³/mol. The summed E-state index contributed by atoms with van der Waals surface area (Å²) < 4.78 is 10.1. The van der Waals surface area contributed by atoms with E-state index < -0.39 is 11.9 Å². The predicted octanol–water partition coefficient (Wildman–Crippen LogP) is 0.950. The zero-order valence-electron chi connectivity index (χ0n) is 13.6. The van der Waals surface area contributed by atoms with Gasteiger partial charge in [0.2, 0.25) is 11.8 Å². The molecule has 0 aromatic rings. The minimum atomic E-state index is -0.775. The molecule has 8 nitrogen and oxygen atoms in total. The molecule has 3 heterocycles. The van der Waals surface area contributed by atoms with Gasteiger partial charge in [-0.05, 0) is 19.8 Å². The quantitative estimate of drug-likeness (QED) is 0.774. The Labute approximate surface area is 135 Å². The summed E-state index contributed by atoms with van der Waals surface area (Å²) in [5, 5.41) is 0. The highest BCUT2D eigenvalue weighted by atomic mass is 16.8. The van der Waals surface area contributed by atoms with Gasteiger partial charge < -0.3 is 14.4 Å². The lowest BCUT2D eigenvalue weighted by molar-refractivity contribution is -0.162. The van der Waals surface area contributed by atoms with Crippen LogP contribution in [0.5, 0.6) is 0 Å². The van der Waals surface area contributed by atoms with Gasteiger partial charge in [-0.25, -0.2) is 15.1 Å². The number of nitrogens with zero attached hydrogens (tertiary/aromatic N) is 2. The molecule has 128 valence electrons. The Morgan fingerprint density at radius 1 is 1.30 bits per heavy atom. The van der Waals surface area contributed by atoms with Crippen LogP contribution in [0.25, 0.3) is 0 Å². The Bertz CT molecular complexity index is 529. The molecule has 0 saturated carbocycles. The number of likely N-dealkylation sites (tertiary alicyclic amines) is 2. The molecule has 0 aromatic carbocycles. The van der Waals surface area contributed by atoms with Crippen molar-refractivity contribution in [1.29, 1.82) is 0 Å². The molecule has 0 radical (unpaired) electrons. The van der Waals surface area contributed by atoms with Gasteiger partial charge in [0.05, 0.1) is 18.7 Å². The number of fused-ring (bicyclic) bond motifs is 1. The van der Waals surface area contributed by atoms with Crippen molar-refractivity contribution in [3.8, 4) is 0 Å². The van der Waals surface area contributed by atoms with E-state index in [-0.39, 0.29) is 18.4 Å². The van der Waals surface area contributed by atoms with Crippen molar-refractivity contribution in [2.45, 2.75) is 38.8 Å². The minimum absolute atomic E-state index is 0.00472. The van der Waals surface area contributed by atoms with Gasteiger partial charge in [-0.15, -0.1) is 0 Å². The number of carbonyl (C=O) groups is 2. The Balaban J connectivity index is 1.88. The third-order valence-corrected chi connectivity index (χ3v) is 4.64. The van der Waals surface area contributed by atoms with E-state index in [1.807, 2.05) is 0 Å².